The molecule has 0 nitrogen and oxygen atoms in total. The van der Waals surface area contributed by atoms with Crippen LogP contribution < -0.4 is 0 Å². The van der Waals surface area contributed by atoms with Gasteiger partial charge in [0.25, 0.3) is 0 Å². The van der Waals surface area contributed by atoms with Crippen molar-refractivity contribution < 1.29 is 35.1 Å². The van der Waals surface area contributed by atoms with Crippen LogP contribution in [0.4, 0.5) is 35.1 Å². The summed E-state index contributed by atoms with van der Waals surface area (Å²) in [6, 6.07) is 0. The van der Waals surface area contributed by atoms with E-state index in [2.05, 4.69) is 15.9 Å². The molecule has 0 aromatic heterocycles. The van der Waals surface area contributed by atoms with Gasteiger partial charge in [-0.3, -0.25) is 0 Å². The summed E-state index contributed by atoms with van der Waals surface area (Å²) in [4.78, 5) is 0. The van der Waals surface area contributed by atoms with E-state index in [1.165, 1.54) is 0 Å². The topological polar surface area (TPSA) is 0 Å². The summed E-state index contributed by atoms with van der Waals surface area (Å²) in [5.74, 6) is -16.4. The van der Waals surface area contributed by atoms with E-state index in [4.69, 9.17) is 0 Å². The van der Waals surface area contributed by atoms with Gasteiger partial charge in [0, 0.05) is 16.5 Å². The van der Waals surface area contributed by atoms with Gasteiger partial charge in [0.1, 0.15) is 0 Å². The molecule has 9 heteroatoms. The van der Waals surface area contributed by atoms with E-state index in [9.17, 15) is 35.1 Å². The normalized spacial score (nSPS) is 11.2. The summed E-state index contributed by atoms with van der Waals surface area (Å²) in [5, 5.41) is -0.639. The zero-order valence-corrected chi connectivity index (χ0v) is 12.7. The average molecular weight is 405 g/mol. The molecule has 0 N–H and O–H groups in total. The van der Waals surface area contributed by atoms with E-state index in [1.807, 2.05) is 0 Å². The molecule has 0 radical (unpaired) electrons. The predicted octanol–water partition coefficient (Wildman–Crippen LogP) is 5.67. The van der Waals surface area contributed by atoms with Crippen LogP contribution in [-0.2, 0) is 5.33 Å². The largest absolute Gasteiger partial charge is 0.203 e. The summed E-state index contributed by atoms with van der Waals surface area (Å²) in [6.45, 7) is 0.683. The van der Waals surface area contributed by atoms with Crippen LogP contribution in [0.2, 0.25) is 0 Å². The molecular formula is C14H5BrF8. The molecule has 0 fully saturated rings. The van der Waals surface area contributed by atoms with Crippen LogP contribution >= 0.6 is 15.9 Å². The molecule has 0 heterocycles. The third-order valence-corrected chi connectivity index (χ3v) is 3.78. The third-order valence-electron chi connectivity index (χ3n) is 3.22. The Bertz CT molecular complexity index is 757. The molecule has 0 unspecified atom stereocenters. The summed E-state index contributed by atoms with van der Waals surface area (Å²) in [5.41, 5.74) is -5.88. The van der Waals surface area contributed by atoms with Crippen molar-refractivity contribution in [3.05, 3.63) is 57.7 Å². The van der Waals surface area contributed by atoms with Gasteiger partial charge >= 0.3 is 0 Å². The zero-order chi connectivity index (χ0) is 17.6. The maximum Gasteiger partial charge on any atom is 0.170 e. The van der Waals surface area contributed by atoms with E-state index in [-0.39, 0.29) is 0 Å². The van der Waals surface area contributed by atoms with Crippen molar-refractivity contribution in [2.45, 2.75) is 12.3 Å². The molecule has 0 saturated carbocycles. The first-order valence-electron chi connectivity index (χ1n) is 5.88. The van der Waals surface area contributed by atoms with Crippen molar-refractivity contribution in [3.63, 3.8) is 0 Å². The minimum atomic E-state index is -2.17. The highest BCUT2D eigenvalue weighted by molar-refractivity contribution is 9.08. The molecule has 2 aromatic rings. The van der Waals surface area contributed by atoms with Crippen molar-refractivity contribution in [1.82, 2.24) is 0 Å². The second kappa shape index (κ2) is 6.10. The van der Waals surface area contributed by atoms with Gasteiger partial charge < -0.3 is 0 Å². The molecule has 124 valence electrons. The van der Waals surface area contributed by atoms with Crippen molar-refractivity contribution in [2.24, 2.45) is 0 Å². The predicted molar refractivity (Wildman–Crippen MR) is 68.9 cm³/mol. The standard InChI is InChI=1S/C14H5BrF8/c1-3-7(16)11(20)5(12(21)8(3)17)6-13(22)9(18)4(2-15)10(19)14(6)23/h2H2,1H3. The highest BCUT2D eigenvalue weighted by atomic mass is 79.9. The van der Waals surface area contributed by atoms with E-state index >= 15 is 0 Å². The lowest BCUT2D eigenvalue weighted by atomic mass is 9.98. The first-order valence-corrected chi connectivity index (χ1v) is 7.00. The van der Waals surface area contributed by atoms with Crippen molar-refractivity contribution in [1.29, 1.82) is 0 Å². The molecule has 0 aliphatic rings. The third kappa shape index (κ3) is 2.50. The summed E-state index contributed by atoms with van der Waals surface area (Å²) in [7, 11) is 0. The van der Waals surface area contributed by atoms with Crippen molar-refractivity contribution in [2.75, 3.05) is 0 Å². The average Bonchev–Trinajstić information content (AvgIpc) is 2.53. The number of hydrogen-bond donors (Lipinski definition) is 0. The molecule has 0 spiro atoms. The molecule has 0 bridgehead atoms. The fraction of sp³-hybridized carbons (Fsp3) is 0.143. The van der Waals surface area contributed by atoms with Crippen LogP contribution in [0, 0.1) is 53.5 Å². The van der Waals surface area contributed by atoms with Crippen LogP contribution in [0.25, 0.3) is 11.1 Å². The Morgan fingerprint density at radius 1 is 0.565 bits per heavy atom. The van der Waals surface area contributed by atoms with Gasteiger partial charge in [0.2, 0.25) is 0 Å². The molecule has 0 amide bonds. The quantitative estimate of drug-likeness (QED) is 0.343. The van der Waals surface area contributed by atoms with Crippen molar-refractivity contribution >= 4 is 15.9 Å². The summed E-state index contributed by atoms with van der Waals surface area (Å²) >= 11 is 2.59. The first kappa shape index (κ1) is 17.7. The second-order valence-electron chi connectivity index (χ2n) is 4.50. The smallest absolute Gasteiger partial charge is 0.170 e. The monoisotopic (exact) mass is 404 g/mol. The van der Waals surface area contributed by atoms with E-state index in [1.54, 1.807) is 0 Å². The number of alkyl halides is 1. The van der Waals surface area contributed by atoms with Crippen LogP contribution in [0.15, 0.2) is 0 Å². The molecule has 2 rings (SSSR count). The number of rotatable bonds is 2. The van der Waals surface area contributed by atoms with Gasteiger partial charge in [-0.1, -0.05) is 15.9 Å². The fourth-order valence-corrected chi connectivity index (χ4v) is 2.47. The molecule has 2 aromatic carbocycles. The van der Waals surface area contributed by atoms with Crippen LogP contribution in [0.5, 0.6) is 0 Å². The van der Waals surface area contributed by atoms with E-state index in [0.29, 0.717) is 6.92 Å². The lowest BCUT2D eigenvalue weighted by Crippen LogP contribution is -2.10. The van der Waals surface area contributed by atoms with Crippen molar-refractivity contribution in [3.8, 4) is 11.1 Å². The van der Waals surface area contributed by atoms with Gasteiger partial charge in [0.15, 0.2) is 46.5 Å². The zero-order valence-electron chi connectivity index (χ0n) is 11.1. The maximum absolute atomic E-state index is 13.9. The first-order chi connectivity index (χ1) is 10.6. The molecule has 0 saturated heterocycles. The molecule has 0 atom stereocenters. The maximum atomic E-state index is 13.9. The van der Waals surface area contributed by atoms with Gasteiger partial charge in [-0.2, -0.15) is 0 Å². The van der Waals surface area contributed by atoms with Crippen LogP contribution in [0.1, 0.15) is 11.1 Å². The lowest BCUT2D eigenvalue weighted by Gasteiger charge is -2.14. The second-order valence-corrected chi connectivity index (χ2v) is 5.06. The van der Waals surface area contributed by atoms with E-state index in [0.717, 1.165) is 0 Å². The summed E-state index contributed by atoms with van der Waals surface area (Å²) < 4.78 is 110. The molecule has 0 aliphatic heterocycles. The number of hydrogen-bond acceptors (Lipinski definition) is 0. The van der Waals surface area contributed by atoms with Gasteiger partial charge in [-0.25, -0.2) is 35.1 Å². The Morgan fingerprint density at radius 3 is 1.17 bits per heavy atom. The molecule has 0 aliphatic carbocycles. The highest BCUT2D eigenvalue weighted by Crippen LogP contribution is 2.38. The minimum Gasteiger partial charge on any atom is -0.203 e. The van der Waals surface area contributed by atoms with E-state index < -0.39 is 74.1 Å². The van der Waals surface area contributed by atoms with Gasteiger partial charge in [0.05, 0.1) is 11.1 Å². The Kier molecular flexibility index (Phi) is 4.70. The Morgan fingerprint density at radius 2 is 0.870 bits per heavy atom. The fourth-order valence-electron chi connectivity index (χ4n) is 1.97. The van der Waals surface area contributed by atoms with Crippen LogP contribution in [-0.4, -0.2) is 0 Å². The summed E-state index contributed by atoms with van der Waals surface area (Å²) in [6.07, 6.45) is 0. The Labute approximate surface area is 132 Å². The van der Waals surface area contributed by atoms with Crippen LogP contribution in [0.3, 0.4) is 0 Å². The molecule has 23 heavy (non-hydrogen) atoms. The highest BCUT2D eigenvalue weighted by Gasteiger charge is 2.32. The SMILES string of the molecule is Cc1c(F)c(F)c(-c2c(F)c(F)c(CBr)c(F)c2F)c(F)c1F. The lowest BCUT2D eigenvalue weighted by molar-refractivity contribution is 0.433. The Balaban J connectivity index is 3.01. The minimum absolute atomic E-state index is 0.639. The molecular weight excluding hydrogens is 400 g/mol. The number of benzene rings is 2. The van der Waals surface area contributed by atoms with Gasteiger partial charge in [-0.15, -0.1) is 0 Å². The number of halogens is 9. The van der Waals surface area contributed by atoms with Gasteiger partial charge in [-0.05, 0) is 6.92 Å². The Hall–Kier alpha value is -1.64.